The van der Waals surface area contributed by atoms with Gasteiger partial charge >= 0.3 is 0 Å². The zero-order valence-electron chi connectivity index (χ0n) is 4.65. The SMILES string of the molecule is CC1=P(C)(C)C1. The van der Waals surface area contributed by atoms with E-state index >= 15 is 0 Å². The van der Waals surface area contributed by atoms with Crippen molar-refractivity contribution in [1.82, 2.24) is 0 Å². The average Bonchev–Trinajstić information content (AvgIpc) is 1.73. The third kappa shape index (κ3) is 0.541. The summed E-state index contributed by atoms with van der Waals surface area (Å²) < 4.78 is 0. The van der Waals surface area contributed by atoms with E-state index in [9.17, 15) is 0 Å². The lowest BCUT2D eigenvalue weighted by atomic mass is 10.6. The quantitative estimate of drug-likeness (QED) is 0.406. The predicted molar refractivity (Wildman–Crippen MR) is 34.3 cm³/mol. The van der Waals surface area contributed by atoms with Crippen LogP contribution in [0.4, 0.5) is 0 Å². The van der Waals surface area contributed by atoms with Crippen molar-refractivity contribution in [3.05, 3.63) is 0 Å². The summed E-state index contributed by atoms with van der Waals surface area (Å²) in [4.78, 5) is 0. The van der Waals surface area contributed by atoms with Crippen molar-refractivity contribution < 1.29 is 0 Å². The van der Waals surface area contributed by atoms with Crippen molar-refractivity contribution in [2.75, 3.05) is 19.5 Å². The highest BCUT2D eigenvalue weighted by molar-refractivity contribution is 7.84. The van der Waals surface area contributed by atoms with E-state index in [0.717, 1.165) is 0 Å². The number of rotatable bonds is 0. The van der Waals surface area contributed by atoms with Crippen molar-refractivity contribution in [3.63, 3.8) is 0 Å². The van der Waals surface area contributed by atoms with Gasteiger partial charge in [-0.3, -0.25) is 0 Å². The molecular weight excluding hydrogens is 91.0 g/mol. The summed E-state index contributed by atoms with van der Waals surface area (Å²) in [6.45, 7) is 6.74. The Morgan fingerprint density at radius 1 is 1.50 bits per heavy atom. The smallest absolute Gasteiger partial charge is 0.0119 e. The summed E-state index contributed by atoms with van der Waals surface area (Å²) in [6, 6.07) is 0. The maximum absolute atomic E-state index is 2.39. The molecule has 0 atom stereocenters. The molecule has 1 aliphatic rings. The summed E-state index contributed by atoms with van der Waals surface area (Å²) in [5.41, 5.74) is 0. The molecule has 1 heteroatoms. The number of hydrogen-bond acceptors (Lipinski definition) is 0. The molecule has 1 rings (SSSR count). The van der Waals surface area contributed by atoms with Crippen molar-refractivity contribution in [2.24, 2.45) is 0 Å². The maximum atomic E-state index is 2.39. The van der Waals surface area contributed by atoms with Gasteiger partial charge in [0.15, 0.2) is 0 Å². The fraction of sp³-hybridized carbons (Fsp3) is 0.800. The van der Waals surface area contributed by atoms with Crippen LogP contribution >= 0.6 is 6.89 Å². The molecule has 0 aliphatic carbocycles. The Hall–Kier alpha value is 0.300. The molecule has 0 nitrogen and oxygen atoms in total. The first-order chi connectivity index (χ1) is 2.63. The van der Waals surface area contributed by atoms with Crippen LogP contribution in [-0.4, -0.2) is 24.8 Å². The minimum atomic E-state index is -0.313. The van der Waals surface area contributed by atoms with Crippen LogP contribution in [0.15, 0.2) is 0 Å². The third-order valence-corrected chi connectivity index (χ3v) is 4.66. The van der Waals surface area contributed by atoms with E-state index < -0.39 is 0 Å². The van der Waals surface area contributed by atoms with Gasteiger partial charge in [-0.15, -0.1) is 6.89 Å². The van der Waals surface area contributed by atoms with Gasteiger partial charge in [0.05, 0.1) is 0 Å². The van der Waals surface area contributed by atoms with E-state index in [0.29, 0.717) is 0 Å². The highest BCUT2D eigenvalue weighted by Gasteiger charge is 2.21. The van der Waals surface area contributed by atoms with E-state index in [4.69, 9.17) is 0 Å². The third-order valence-electron chi connectivity index (χ3n) is 1.55. The minimum absolute atomic E-state index is 0.313. The highest BCUT2D eigenvalue weighted by Crippen LogP contribution is 2.53. The van der Waals surface area contributed by atoms with Crippen LogP contribution in [0.3, 0.4) is 0 Å². The molecule has 0 saturated heterocycles. The molecule has 0 amide bonds. The van der Waals surface area contributed by atoms with Crippen LogP contribution in [0.2, 0.25) is 0 Å². The first-order valence-corrected chi connectivity index (χ1v) is 5.16. The van der Waals surface area contributed by atoms with Gasteiger partial charge < -0.3 is 0 Å². The van der Waals surface area contributed by atoms with Crippen LogP contribution < -0.4 is 0 Å². The summed E-state index contributed by atoms with van der Waals surface area (Å²) in [7, 11) is 0. The first kappa shape index (κ1) is 4.46. The molecule has 0 aromatic carbocycles. The largest absolute Gasteiger partial charge is 0.108 e. The molecule has 0 N–H and O–H groups in total. The Labute approximate surface area is 39.5 Å². The summed E-state index contributed by atoms with van der Waals surface area (Å²) in [6.07, 6.45) is 1.47. The lowest BCUT2D eigenvalue weighted by molar-refractivity contribution is 1.92. The van der Waals surface area contributed by atoms with E-state index in [1.54, 1.807) is 5.29 Å². The van der Waals surface area contributed by atoms with Crippen molar-refractivity contribution in [2.45, 2.75) is 6.92 Å². The van der Waals surface area contributed by atoms with Crippen molar-refractivity contribution >= 4 is 12.2 Å². The summed E-state index contributed by atoms with van der Waals surface area (Å²) in [5, 5.41) is 1.77. The Kier molecular flexibility index (Phi) is 0.686. The van der Waals surface area contributed by atoms with Gasteiger partial charge in [-0.25, -0.2) is 0 Å². The molecule has 0 aromatic rings. The van der Waals surface area contributed by atoms with Crippen LogP contribution in [0.25, 0.3) is 0 Å². The Bertz CT molecular complexity index is 116. The van der Waals surface area contributed by atoms with E-state index in [1.165, 1.54) is 6.16 Å². The predicted octanol–water partition coefficient (Wildman–Crippen LogP) is 1.47. The zero-order chi connectivity index (χ0) is 4.78. The summed E-state index contributed by atoms with van der Waals surface area (Å²) in [5.74, 6) is 0. The van der Waals surface area contributed by atoms with Crippen LogP contribution in [0, 0.1) is 0 Å². The van der Waals surface area contributed by atoms with E-state index in [-0.39, 0.29) is 6.89 Å². The Morgan fingerprint density at radius 3 is 1.67 bits per heavy atom. The van der Waals surface area contributed by atoms with Gasteiger partial charge in [-0.1, -0.05) is 5.29 Å². The van der Waals surface area contributed by atoms with Gasteiger partial charge in [0.1, 0.15) is 0 Å². The minimum Gasteiger partial charge on any atom is -0.108 e. The van der Waals surface area contributed by atoms with Gasteiger partial charge in [-0.05, 0) is 26.4 Å². The topological polar surface area (TPSA) is 0 Å². The van der Waals surface area contributed by atoms with Gasteiger partial charge in [0, 0.05) is 0 Å². The van der Waals surface area contributed by atoms with Crippen molar-refractivity contribution in [3.8, 4) is 0 Å². The summed E-state index contributed by atoms with van der Waals surface area (Å²) >= 11 is 0. The number of hydrogen-bond donors (Lipinski definition) is 0. The van der Waals surface area contributed by atoms with E-state index in [1.807, 2.05) is 0 Å². The maximum Gasteiger partial charge on any atom is -0.0119 e. The monoisotopic (exact) mass is 102 g/mol. The Balaban J connectivity index is 2.81. The molecule has 1 heterocycles. The molecule has 0 saturated carbocycles. The second-order valence-corrected chi connectivity index (χ2v) is 7.03. The van der Waals surface area contributed by atoms with E-state index in [2.05, 4.69) is 20.3 Å². The van der Waals surface area contributed by atoms with Crippen molar-refractivity contribution in [1.29, 1.82) is 0 Å². The highest BCUT2D eigenvalue weighted by atomic mass is 31.2. The fourth-order valence-corrected chi connectivity index (χ4v) is 2.46. The lowest BCUT2D eigenvalue weighted by Gasteiger charge is -1.82. The van der Waals surface area contributed by atoms with Gasteiger partial charge in [0.2, 0.25) is 0 Å². The molecule has 0 fully saturated rings. The molecule has 1 aliphatic heterocycles. The lowest BCUT2D eigenvalue weighted by Crippen LogP contribution is -1.58. The molecule has 6 heavy (non-hydrogen) atoms. The molecule has 0 radical (unpaired) electrons. The molecule has 0 spiro atoms. The molecule has 0 unspecified atom stereocenters. The molecular formula is C5H11P. The second kappa shape index (κ2) is 0.924. The normalized spacial score (nSPS) is 27.5. The van der Waals surface area contributed by atoms with Crippen LogP contribution in [0.1, 0.15) is 6.92 Å². The zero-order valence-corrected chi connectivity index (χ0v) is 5.55. The fourth-order valence-electron chi connectivity index (χ4n) is 0.537. The molecule has 36 valence electrons. The van der Waals surface area contributed by atoms with Crippen LogP contribution in [0.5, 0.6) is 0 Å². The second-order valence-electron chi connectivity index (χ2n) is 2.58. The molecule has 0 bridgehead atoms. The first-order valence-electron chi connectivity index (χ1n) is 2.29. The Morgan fingerprint density at radius 2 is 1.67 bits per heavy atom. The van der Waals surface area contributed by atoms with Gasteiger partial charge in [0.25, 0.3) is 0 Å². The van der Waals surface area contributed by atoms with Crippen LogP contribution in [-0.2, 0) is 0 Å². The van der Waals surface area contributed by atoms with Gasteiger partial charge in [-0.2, -0.15) is 0 Å². The average molecular weight is 102 g/mol. The molecule has 0 aromatic heterocycles. The standard InChI is InChI=1S/C5H11P/c1-5-4-6(5,2)3/h4H2,1-3H3.